The van der Waals surface area contributed by atoms with Gasteiger partial charge >= 0.3 is 0 Å². The molecule has 1 unspecified atom stereocenters. The van der Waals surface area contributed by atoms with Crippen LogP contribution in [0.15, 0.2) is 24.7 Å². The van der Waals surface area contributed by atoms with E-state index in [9.17, 15) is 9.90 Å². The van der Waals surface area contributed by atoms with Crippen LogP contribution in [0.2, 0.25) is 0 Å². The molecule has 2 aliphatic rings. The summed E-state index contributed by atoms with van der Waals surface area (Å²) in [7, 11) is 0. The molecule has 4 N–H and O–H groups in total. The summed E-state index contributed by atoms with van der Waals surface area (Å²) < 4.78 is 0. The van der Waals surface area contributed by atoms with Crippen molar-refractivity contribution in [1.29, 1.82) is 5.26 Å². The molecule has 0 spiro atoms. The van der Waals surface area contributed by atoms with Crippen LogP contribution in [0, 0.1) is 23.2 Å². The summed E-state index contributed by atoms with van der Waals surface area (Å²) >= 11 is 1.32. The van der Waals surface area contributed by atoms with E-state index in [-0.39, 0.29) is 12.5 Å². The fourth-order valence-electron chi connectivity index (χ4n) is 5.32. The molecule has 1 aliphatic heterocycles. The normalized spacial score (nSPS) is 22.3. The molecule has 9 nitrogen and oxygen atoms in total. The SMILES string of the molecule is CC(C)(O)CNC(=O)c1cnc(-c2cnc3[nH]ccc3c2NC2C[C@@H]3CN(CCC#N)C[C@@H]3C2)s1. The first-order valence-corrected chi connectivity index (χ1v) is 12.9. The number of anilines is 1. The first-order chi connectivity index (χ1) is 16.8. The Morgan fingerprint density at radius 2 is 2.09 bits per heavy atom. The fraction of sp³-hybridized carbons (Fsp3) is 0.520. The van der Waals surface area contributed by atoms with Gasteiger partial charge in [0, 0.05) is 56.4 Å². The third-order valence-electron chi connectivity index (χ3n) is 6.94. The Hall–Kier alpha value is -3.00. The van der Waals surface area contributed by atoms with Gasteiger partial charge in [0.1, 0.15) is 15.5 Å². The Morgan fingerprint density at radius 1 is 1.31 bits per heavy atom. The molecule has 1 amide bonds. The van der Waals surface area contributed by atoms with Gasteiger partial charge in [-0.1, -0.05) is 0 Å². The van der Waals surface area contributed by atoms with Gasteiger partial charge in [0.05, 0.1) is 29.1 Å². The minimum absolute atomic E-state index is 0.167. The number of thiazole rings is 1. The zero-order valence-electron chi connectivity index (χ0n) is 20.0. The first-order valence-electron chi connectivity index (χ1n) is 12.1. The zero-order chi connectivity index (χ0) is 24.6. The minimum Gasteiger partial charge on any atom is -0.389 e. The number of nitrogens with zero attached hydrogens (tertiary/aromatic N) is 4. The quantitative estimate of drug-likeness (QED) is 0.379. The summed E-state index contributed by atoms with van der Waals surface area (Å²) in [6.07, 6.45) is 8.09. The molecule has 3 aromatic rings. The van der Waals surface area contributed by atoms with Crippen molar-refractivity contribution >= 4 is 34.0 Å². The fourth-order valence-corrected chi connectivity index (χ4v) is 6.17. The number of nitrogens with one attached hydrogen (secondary N) is 3. The van der Waals surface area contributed by atoms with Gasteiger partial charge in [-0.05, 0) is 44.6 Å². The van der Waals surface area contributed by atoms with E-state index in [1.165, 1.54) is 11.3 Å². The first kappa shape index (κ1) is 23.7. The standard InChI is InChI=1S/C25H31N7O2S/c1-25(2,34)14-30-23(33)20-11-29-24(35-20)19-10-28-22-18(4-6-27-22)21(19)31-17-8-15-12-32(7-3-5-26)13-16(15)9-17/h4,6,10-11,15-17,34H,3,7-9,12-14H2,1-2H3,(H,30,33)(H2,27,28,31)/t15-,16+,17?. The molecule has 1 saturated heterocycles. The van der Waals surface area contributed by atoms with Crippen molar-refractivity contribution < 1.29 is 9.90 Å². The Balaban J connectivity index is 1.34. The van der Waals surface area contributed by atoms with Crippen LogP contribution in [0.5, 0.6) is 0 Å². The summed E-state index contributed by atoms with van der Waals surface area (Å²) in [6.45, 7) is 6.49. The lowest BCUT2D eigenvalue weighted by Crippen LogP contribution is -2.37. The van der Waals surface area contributed by atoms with Crippen molar-refractivity contribution in [2.75, 3.05) is 31.5 Å². The predicted octanol–water partition coefficient (Wildman–Crippen LogP) is 3.22. The smallest absolute Gasteiger partial charge is 0.263 e. The molecule has 1 saturated carbocycles. The average Bonchev–Trinajstić information content (AvgIpc) is 3.59. The molecule has 5 rings (SSSR count). The maximum Gasteiger partial charge on any atom is 0.263 e. The summed E-state index contributed by atoms with van der Waals surface area (Å²) in [5.74, 6) is 1.07. The van der Waals surface area contributed by atoms with Crippen molar-refractivity contribution in [2.24, 2.45) is 11.8 Å². The van der Waals surface area contributed by atoms with Crippen LogP contribution in [0.4, 0.5) is 5.69 Å². The number of hydrogen-bond donors (Lipinski definition) is 4. The van der Waals surface area contributed by atoms with Crippen LogP contribution in [0.1, 0.15) is 42.8 Å². The molecule has 3 atom stereocenters. The van der Waals surface area contributed by atoms with E-state index in [4.69, 9.17) is 5.26 Å². The Kier molecular flexibility index (Phi) is 6.49. The molecular formula is C25H31N7O2S. The number of aliphatic hydroxyl groups is 1. The topological polar surface area (TPSA) is 130 Å². The van der Waals surface area contributed by atoms with Crippen molar-refractivity contribution in [3.05, 3.63) is 29.5 Å². The van der Waals surface area contributed by atoms with E-state index < -0.39 is 5.60 Å². The van der Waals surface area contributed by atoms with Gasteiger partial charge in [-0.2, -0.15) is 5.26 Å². The van der Waals surface area contributed by atoms with Crippen molar-refractivity contribution in [1.82, 2.24) is 25.2 Å². The highest BCUT2D eigenvalue weighted by Gasteiger charge is 2.40. The van der Waals surface area contributed by atoms with Gasteiger partial charge in [-0.15, -0.1) is 11.3 Å². The molecule has 184 valence electrons. The van der Waals surface area contributed by atoms with E-state index in [1.54, 1.807) is 20.0 Å². The molecule has 2 fully saturated rings. The van der Waals surface area contributed by atoms with Gasteiger partial charge < -0.3 is 25.6 Å². The molecule has 10 heteroatoms. The molecule has 3 aromatic heterocycles. The van der Waals surface area contributed by atoms with E-state index >= 15 is 0 Å². The predicted molar refractivity (Wildman–Crippen MR) is 136 cm³/mol. The lowest BCUT2D eigenvalue weighted by Gasteiger charge is -2.21. The lowest BCUT2D eigenvalue weighted by atomic mass is 10.0. The van der Waals surface area contributed by atoms with E-state index in [0.717, 1.165) is 59.8 Å². The van der Waals surface area contributed by atoms with Crippen molar-refractivity contribution in [3.8, 4) is 16.6 Å². The van der Waals surface area contributed by atoms with Crippen molar-refractivity contribution in [2.45, 2.75) is 44.8 Å². The number of rotatable bonds is 8. The largest absolute Gasteiger partial charge is 0.389 e. The van der Waals surface area contributed by atoms with Gasteiger partial charge in [-0.25, -0.2) is 9.97 Å². The van der Waals surface area contributed by atoms with Gasteiger partial charge in [0.2, 0.25) is 0 Å². The molecule has 4 heterocycles. The van der Waals surface area contributed by atoms with Crippen LogP contribution >= 0.6 is 11.3 Å². The molecule has 35 heavy (non-hydrogen) atoms. The third kappa shape index (κ3) is 5.17. The molecular weight excluding hydrogens is 462 g/mol. The van der Waals surface area contributed by atoms with Gasteiger partial charge in [-0.3, -0.25) is 4.79 Å². The number of amides is 1. The Morgan fingerprint density at radius 3 is 2.80 bits per heavy atom. The van der Waals surface area contributed by atoms with E-state index in [1.807, 2.05) is 18.5 Å². The zero-order valence-corrected chi connectivity index (χ0v) is 20.9. The number of pyridine rings is 1. The number of hydrogen-bond acceptors (Lipinski definition) is 8. The number of H-pyrrole nitrogens is 1. The number of likely N-dealkylation sites (tertiary alicyclic amines) is 1. The second-order valence-electron chi connectivity index (χ2n) is 10.3. The van der Waals surface area contributed by atoms with Gasteiger partial charge in [0.25, 0.3) is 5.91 Å². The number of aromatic nitrogens is 3. The second-order valence-corrected chi connectivity index (χ2v) is 11.3. The van der Waals surface area contributed by atoms with Crippen LogP contribution in [-0.4, -0.2) is 68.7 Å². The molecule has 1 aliphatic carbocycles. The highest BCUT2D eigenvalue weighted by Crippen LogP contribution is 2.42. The monoisotopic (exact) mass is 493 g/mol. The summed E-state index contributed by atoms with van der Waals surface area (Å²) in [4.78, 5) is 27.8. The number of aromatic amines is 1. The van der Waals surface area contributed by atoms with Gasteiger partial charge in [0.15, 0.2) is 0 Å². The Labute approximate surface area is 208 Å². The second kappa shape index (κ2) is 9.57. The highest BCUT2D eigenvalue weighted by atomic mass is 32.1. The van der Waals surface area contributed by atoms with Crippen LogP contribution in [-0.2, 0) is 0 Å². The summed E-state index contributed by atoms with van der Waals surface area (Å²) in [6, 6.07) is 4.64. The summed E-state index contributed by atoms with van der Waals surface area (Å²) in [5, 5.41) is 27.1. The number of carbonyl (C=O) groups is 1. The van der Waals surface area contributed by atoms with E-state index in [2.05, 4.69) is 36.6 Å². The number of carbonyl (C=O) groups excluding carboxylic acids is 1. The Bertz CT molecular complexity index is 1240. The summed E-state index contributed by atoms with van der Waals surface area (Å²) in [5.41, 5.74) is 1.73. The average molecular weight is 494 g/mol. The molecule has 0 bridgehead atoms. The third-order valence-corrected chi connectivity index (χ3v) is 7.97. The maximum absolute atomic E-state index is 12.6. The molecule has 0 aromatic carbocycles. The van der Waals surface area contributed by atoms with E-state index in [0.29, 0.717) is 29.2 Å². The number of nitriles is 1. The van der Waals surface area contributed by atoms with Crippen LogP contribution in [0.25, 0.3) is 21.6 Å². The number of fused-ring (bicyclic) bond motifs is 2. The minimum atomic E-state index is -0.976. The van der Waals surface area contributed by atoms with Crippen LogP contribution in [0.3, 0.4) is 0 Å². The highest BCUT2D eigenvalue weighted by molar-refractivity contribution is 7.17. The molecule has 0 radical (unpaired) electrons. The van der Waals surface area contributed by atoms with Crippen LogP contribution < -0.4 is 10.6 Å². The van der Waals surface area contributed by atoms with Crippen molar-refractivity contribution in [3.63, 3.8) is 0 Å². The maximum atomic E-state index is 12.6. The lowest BCUT2D eigenvalue weighted by molar-refractivity contribution is 0.0696.